The van der Waals surface area contributed by atoms with Gasteiger partial charge in [-0.2, -0.15) is 15.0 Å². The third kappa shape index (κ3) is 6.58. The number of halogens is 3. The van der Waals surface area contributed by atoms with E-state index in [-0.39, 0.29) is 35.1 Å². The van der Waals surface area contributed by atoms with Crippen LogP contribution in [-0.4, -0.2) is 32.6 Å². The molecule has 0 amide bonds. The second-order valence-corrected chi connectivity index (χ2v) is 9.05. The van der Waals surface area contributed by atoms with Crippen LogP contribution < -0.4 is 20.9 Å². The lowest BCUT2D eigenvalue weighted by molar-refractivity contribution is -0.138. The zero-order chi connectivity index (χ0) is 28.9. The number of rotatable bonds is 8. The Morgan fingerprint density at radius 1 is 0.902 bits per heavy atom. The van der Waals surface area contributed by atoms with Gasteiger partial charge in [-0.3, -0.25) is 4.90 Å². The van der Waals surface area contributed by atoms with E-state index in [1.54, 1.807) is 19.1 Å². The maximum atomic E-state index is 13.8. The third-order valence-electron chi connectivity index (χ3n) is 5.78. The highest BCUT2D eigenvalue weighted by Gasteiger charge is 2.33. The Morgan fingerprint density at radius 3 is 2.02 bits per heavy atom. The van der Waals surface area contributed by atoms with Crippen LogP contribution in [0.15, 0.2) is 84.6 Å². The Kier molecular flexibility index (Phi) is 8.06. The maximum absolute atomic E-state index is 13.8. The fourth-order valence-electron chi connectivity index (χ4n) is 3.97. The first-order valence-corrected chi connectivity index (χ1v) is 12.7. The highest BCUT2D eigenvalue weighted by molar-refractivity contribution is 7.80. The van der Waals surface area contributed by atoms with Crippen molar-refractivity contribution in [3.05, 3.63) is 108 Å². The molecule has 13 heteroatoms. The molecule has 0 saturated heterocycles. The largest absolute Gasteiger partial charge is 0.463 e. The molecule has 0 radical (unpaired) electrons. The van der Waals surface area contributed by atoms with Gasteiger partial charge in [-0.25, -0.2) is 18.0 Å². The van der Waals surface area contributed by atoms with Crippen LogP contribution in [-0.2, 0) is 9.53 Å². The zero-order valence-electron chi connectivity index (χ0n) is 21.4. The number of hydrogen-bond donors (Lipinski definition) is 3. The van der Waals surface area contributed by atoms with E-state index >= 15 is 0 Å². The number of carbonyl (C=O) groups excluding carboxylic acids is 1. The van der Waals surface area contributed by atoms with Crippen LogP contribution in [0.5, 0.6) is 0 Å². The molecule has 0 spiro atoms. The summed E-state index contributed by atoms with van der Waals surface area (Å²) in [7, 11) is 0. The van der Waals surface area contributed by atoms with Crippen LogP contribution >= 0.6 is 12.2 Å². The van der Waals surface area contributed by atoms with Gasteiger partial charge in [0.15, 0.2) is 5.11 Å². The van der Waals surface area contributed by atoms with Crippen molar-refractivity contribution in [1.82, 2.24) is 20.3 Å². The lowest BCUT2D eigenvalue weighted by Crippen LogP contribution is -2.46. The average Bonchev–Trinajstić information content (AvgIpc) is 2.93. The highest BCUT2D eigenvalue weighted by atomic mass is 32.1. The van der Waals surface area contributed by atoms with Crippen LogP contribution in [0.1, 0.15) is 18.5 Å². The van der Waals surface area contributed by atoms with Crippen molar-refractivity contribution in [2.45, 2.75) is 13.0 Å². The molecular formula is C28H22F3N7O2S. The first kappa shape index (κ1) is 27.5. The molecule has 4 aromatic rings. The van der Waals surface area contributed by atoms with Crippen molar-refractivity contribution < 1.29 is 22.7 Å². The third-order valence-corrected chi connectivity index (χ3v) is 6.10. The predicted octanol–water partition coefficient (Wildman–Crippen LogP) is 5.66. The van der Waals surface area contributed by atoms with E-state index in [0.29, 0.717) is 16.9 Å². The quantitative estimate of drug-likeness (QED) is 0.180. The minimum Gasteiger partial charge on any atom is -0.463 e. The van der Waals surface area contributed by atoms with E-state index < -0.39 is 29.5 Å². The van der Waals surface area contributed by atoms with Crippen molar-refractivity contribution >= 4 is 52.5 Å². The molecule has 0 bridgehead atoms. The minimum absolute atomic E-state index is 0.00838. The van der Waals surface area contributed by atoms with Gasteiger partial charge in [0.05, 0.1) is 18.2 Å². The molecule has 3 N–H and O–H groups in total. The monoisotopic (exact) mass is 577 g/mol. The molecule has 9 nitrogen and oxygen atoms in total. The topological polar surface area (TPSA) is 104 Å². The fourth-order valence-corrected chi connectivity index (χ4v) is 4.22. The van der Waals surface area contributed by atoms with E-state index in [1.807, 2.05) is 0 Å². The first-order valence-electron chi connectivity index (χ1n) is 12.3. The molecule has 1 atom stereocenters. The van der Waals surface area contributed by atoms with Crippen LogP contribution in [0.2, 0.25) is 0 Å². The lowest BCUT2D eigenvalue weighted by atomic mass is 9.98. The molecule has 0 fully saturated rings. The molecule has 1 aliphatic rings. The number of thiocarbonyl (C=S) groups is 1. The number of nitrogens with one attached hydrogen (secondary N) is 3. The second kappa shape index (κ2) is 12.0. The number of ether oxygens (including phenoxy) is 1. The Morgan fingerprint density at radius 2 is 1.49 bits per heavy atom. The number of aromatic nitrogens is 3. The van der Waals surface area contributed by atoms with Gasteiger partial charge in [0.2, 0.25) is 17.8 Å². The summed E-state index contributed by atoms with van der Waals surface area (Å²) in [6.45, 7) is 1.79. The molecule has 3 aromatic carbocycles. The van der Waals surface area contributed by atoms with Gasteiger partial charge < -0.3 is 20.7 Å². The molecule has 0 saturated carbocycles. The predicted molar refractivity (Wildman–Crippen MR) is 151 cm³/mol. The van der Waals surface area contributed by atoms with Gasteiger partial charge in [0, 0.05) is 17.6 Å². The summed E-state index contributed by atoms with van der Waals surface area (Å²) >= 11 is 5.60. The molecule has 208 valence electrons. The molecule has 1 unspecified atom stereocenters. The van der Waals surface area contributed by atoms with Crippen molar-refractivity contribution in [1.29, 1.82) is 0 Å². The molecule has 0 aliphatic carbocycles. The van der Waals surface area contributed by atoms with Gasteiger partial charge >= 0.3 is 5.97 Å². The van der Waals surface area contributed by atoms with Crippen molar-refractivity contribution in [2.24, 2.45) is 0 Å². The van der Waals surface area contributed by atoms with Gasteiger partial charge in [-0.05, 0) is 73.2 Å². The summed E-state index contributed by atoms with van der Waals surface area (Å²) in [6, 6.07) is 16.2. The maximum Gasteiger partial charge on any atom is 0.337 e. The molecular weight excluding hydrogens is 555 g/mol. The van der Waals surface area contributed by atoms with Gasteiger partial charge in [-0.15, -0.1) is 0 Å². The summed E-state index contributed by atoms with van der Waals surface area (Å²) in [5.74, 6) is -2.02. The van der Waals surface area contributed by atoms with Gasteiger partial charge in [0.1, 0.15) is 17.5 Å². The van der Waals surface area contributed by atoms with E-state index in [2.05, 4.69) is 30.9 Å². The summed E-state index contributed by atoms with van der Waals surface area (Å²) in [5.41, 5.74) is 1.45. The Labute approximate surface area is 238 Å². The Balaban J connectivity index is 1.57. The van der Waals surface area contributed by atoms with E-state index in [9.17, 15) is 18.0 Å². The van der Waals surface area contributed by atoms with Crippen molar-refractivity contribution in [3.63, 3.8) is 0 Å². The minimum atomic E-state index is -0.741. The van der Waals surface area contributed by atoms with Crippen LogP contribution in [0.4, 0.5) is 42.4 Å². The smallest absolute Gasteiger partial charge is 0.337 e. The summed E-state index contributed by atoms with van der Waals surface area (Å²) in [5, 5.41) is 9.02. The molecule has 2 heterocycles. The van der Waals surface area contributed by atoms with Crippen LogP contribution in [0.3, 0.4) is 0 Å². The summed E-state index contributed by atoms with van der Waals surface area (Å²) in [4.78, 5) is 27.5. The van der Waals surface area contributed by atoms with Gasteiger partial charge in [-0.1, -0.05) is 24.3 Å². The lowest BCUT2D eigenvalue weighted by Gasteiger charge is -2.32. The number of nitrogens with zero attached hydrogens (tertiary/aromatic N) is 4. The van der Waals surface area contributed by atoms with E-state index in [4.69, 9.17) is 17.0 Å². The number of hydrogen-bond acceptors (Lipinski definition) is 8. The SMILES string of the molecule is CCOC(=O)C1=CN(c2nc(Nc3cccc(F)c3)nc(Nc3cccc(F)c3)n2)C(=S)NC1c1ccc(F)cc1. The summed E-state index contributed by atoms with van der Waals surface area (Å²) < 4.78 is 46.5. The van der Waals surface area contributed by atoms with E-state index in [0.717, 1.165) is 0 Å². The molecule has 5 rings (SSSR count). The molecule has 1 aliphatic heterocycles. The normalized spacial score (nSPS) is 14.6. The first-order chi connectivity index (χ1) is 19.8. The summed E-state index contributed by atoms with van der Waals surface area (Å²) in [6.07, 6.45) is 1.43. The van der Waals surface area contributed by atoms with Crippen LogP contribution in [0.25, 0.3) is 0 Å². The second-order valence-electron chi connectivity index (χ2n) is 8.66. The number of carbonyl (C=O) groups is 1. The number of benzene rings is 3. The Hall–Kier alpha value is -5.04. The molecule has 41 heavy (non-hydrogen) atoms. The van der Waals surface area contributed by atoms with Crippen molar-refractivity contribution in [2.75, 3.05) is 22.1 Å². The number of esters is 1. The number of anilines is 5. The standard InChI is InChI=1S/C28H22F3N7O2S/c1-2-40-24(39)22-15-38(28(41)34-23(22)16-9-11-17(29)12-10-16)27-36-25(32-20-7-3-5-18(30)13-20)35-26(37-27)33-21-8-4-6-19(31)14-21/h3-15,23H,2H2,1H3,(H,34,41)(H2,32,33,35,36,37). The average molecular weight is 578 g/mol. The fraction of sp³-hybridized carbons (Fsp3) is 0.107. The van der Waals surface area contributed by atoms with Gasteiger partial charge in [0.25, 0.3) is 0 Å². The van der Waals surface area contributed by atoms with Crippen molar-refractivity contribution in [3.8, 4) is 0 Å². The zero-order valence-corrected chi connectivity index (χ0v) is 22.3. The Bertz CT molecular complexity index is 1570. The van der Waals surface area contributed by atoms with E-state index in [1.165, 1.54) is 71.8 Å². The molecule has 1 aromatic heterocycles. The van der Waals surface area contributed by atoms with Crippen LogP contribution in [0, 0.1) is 17.5 Å². The highest BCUT2D eigenvalue weighted by Crippen LogP contribution is 2.30.